The molecular formula is C39H72O3. The third-order valence-corrected chi connectivity index (χ3v) is 7.96. The molecule has 1 N–H and O–H groups in total. The molecule has 0 aliphatic heterocycles. The molecular weight excluding hydrogens is 516 g/mol. The molecule has 0 bridgehead atoms. The van der Waals surface area contributed by atoms with Gasteiger partial charge in [0.1, 0.15) is 6.10 Å². The van der Waals surface area contributed by atoms with Crippen LogP contribution >= 0.6 is 0 Å². The number of hydrogen-bond donors (Lipinski definition) is 1. The molecule has 3 nitrogen and oxygen atoms in total. The molecule has 0 amide bonds. The Morgan fingerprint density at radius 1 is 0.429 bits per heavy atom. The van der Waals surface area contributed by atoms with Gasteiger partial charge in [0.05, 0.1) is 13.2 Å². The van der Waals surface area contributed by atoms with E-state index in [1.807, 2.05) is 0 Å². The zero-order valence-corrected chi connectivity index (χ0v) is 28.5. The second kappa shape index (κ2) is 38.0. The maximum atomic E-state index is 9.58. The van der Waals surface area contributed by atoms with Gasteiger partial charge in [-0.05, 0) is 38.5 Å². The van der Waals surface area contributed by atoms with Gasteiger partial charge in [0, 0.05) is 38.9 Å². The van der Waals surface area contributed by atoms with E-state index in [-0.39, 0.29) is 12.7 Å². The molecule has 0 rings (SSSR count). The first-order chi connectivity index (χ1) is 20.8. The minimum absolute atomic E-state index is 0.0434. The molecule has 0 saturated heterocycles. The van der Waals surface area contributed by atoms with Gasteiger partial charge in [-0.1, -0.05) is 129 Å². The van der Waals surface area contributed by atoms with Gasteiger partial charge in [-0.3, -0.25) is 0 Å². The summed E-state index contributed by atoms with van der Waals surface area (Å²) in [6.45, 7) is 6.58. The van der Waals surface area contributed by atoms with Crippen molar-refractivity contribution >= 4 is 0 Å². The molecule has 0 aromatic rings. The van der Waals surface area contributed by atoms with Gasteiger partial charge < -0.3 is 14.6 Å². The van der Waals surface area contributed by atoms with Crippen molar-refractivity contribution in [2.45, 2.75) is 200 Å². The maximum absolute atomic E-state index is 9.58. The largest absolute Gasteiger partial charge is 0.394 e. The van der Waals surface area contributed by atoms with Crippen LogP contribution in [0.4, 0.5) is 0 Å². The molecule has 0 aliphatic carbocycles. The first kappa shape index (κ1) is 41.0. The summed E-state index contributed by atoms with van der Waals surface area (Å²) in [7, 11) is 0. The molecule has 0 saturated carbocycles. The van der Waals surface area contributed by atoms with Gasteiger partial charge in [-0.25, -0.2) is 0 Å². The third-order valence-electron chi connectivity index (χ3n) is 7.96. The molecule has 0 aromatic carbocycles. The van der Waals surface area contributed by atoms with Crippen LogP contribution in [-0.2, 0) is 9.47 Å². The standard InChI is InChI=1S/C39H72O3/c1-3-5-7-9-11-13-15-17-19-21-23-25-27-29-31-33-35-41-38-39(37-40)42-36-34-32-30-28-26-24-22-20-18-16-14-12-10-8-6-4-2/h39-40H,3-16,21-38H2,1-2H3/t39-/m1/s1. The van der Waals surface area contributed by atoms with Crippen LogP contribution in [0.2, 0.25) is 0 Å². The zero-order chi connectivity index (χ0) is 30.4. The van der Waals surface area contributed by atoms with Gasteiger partial charge in [-0.2, -0.15) is 0 Å². The van der Waals surface area contributed by atoms with E-state index in [1.165, 1.54) is 141 Å². The highest BCUT2D eigenvalue weighted by atomic mass is 16.5. The van der Waals surface area contributed by atoms with Crippen molar-refractivity contribution in [1.82, 2.24) is 0 Å². The minimum Gasteiger partial charge on any atom is -0.394 e. The fraction of sp³-hybridized carbons (Fsp3) is 0.897. The number of aliphatic hydroxyl groups excluding tert-OH is 1. The third kappa shape index (κ3) is 35.2. The molecule has 1 atom stereocenters. The lowest BCUT2D eigenvalue weighted by Gasteiger charge is -2.15. The Balaban J connectivity index is 3.35. The Bertz CT molecular complexity index is 623. The molecule has 0 aromatic heterocycles. The van der Waals surface area contributed by atoms with Crippen molar-refractivity contribution in [3.63, 3.8) is 0 Å². The highest BCUT2D eigenvalue weighted by Gasteiger charge is 2.07. The number of hydrogen-bond acceptors (Lipinski definition) is 3. The lowest BCUT2D eigenvalue weighted by Crippen LogP contribution is -2.24. The highest BCUT2D eigenvalue weighted by molar-refractivity contribution is 4.99. The Hall–Kier alpha value is -1.00. The van der Waals surface area contributed by atoms with E-state index in [2.05, 4.69) is 37.5 Å². The van der Waals surface area contributed by atoms with Crippen LogP contribution in [0.15, 0.2) is 0 Å². The van der Waals surface area contributed by atoms with Crippen LogP contribution < -0.4 is 0 Å². The second-order valence-electron chi connectivity index (χ2n) is 12.2. The van der Waals surface area contributed by atoms with Crippen molar-refractivity contribution in [1.29, 1.82) is 0 Å². The fourth-order valence-electron chi connectivity index (χ4n) is 5.11. The predicted octanol–water partition coefficient (Wildman–Crippen LogP) is 11.3. The molecule has 0 heterocycles. The van der Waals surface area contributed by atoms with Crippen molar-refractivity contribution in [2.75, 3.05) is 26.4 Å². The van der Waals surface area contributed by atoms with E-state index in [0.29, 0.717) is 6.61 Å². The van der Waals surface area contributed by atoms with Crippen LogP contribution in [-0.4, -0.2) is 37.6 Å². The summed E-state index contributed by atoms with van der Waals surface area (Å²) in [6.07, 6.45) is 35.1. The van der Waals surface area contributed by atoms with E-state index >= 15 is 0 Å². The molecule has 0 aliphatic rings. The van der Waals surface area contributed by atoms with E-state index in [0.717, 1.165) is 51.7 Å². The Morgan fingerprint density at radius 2 is 0.762 bits per heavy atom. The van der Waals surface area contributed by atoms with E-state index in [1.54, 1.807) is 0 Å². The first-order valence-electron chi connectivity index (χ1n) is 18.6. The minimum atomic E-state index is -0.179. The van der Waals surface area contributed by atoms with Gasteiger partial charge in [0.2, 0.25) is 0 Å². The zero-order valence-electron chi connectivity index (χ0n) is 28.5. The van der Waals surface area contributed by atoms with E-state index < -0.39 is 0 Å². The Kier molecular flexibility index (Phi) is 37.1. The van der Waals surface area contributed by atoms with Gasteiger partial charge in [0.25, 0.3) is 0 Å². The molecule has 0 unspecified atom stereocenters. The summed E-state index contributed by atoms with van der Waals surface area (Å²) in [5.74, 6) is 13.4. The van der Waals surface area contributed by atoms with Gasteiger partial charge in [0.15, 0.2) is 0 Å². The Labute approximate surface area is 264 Å². The topological polar surface area (TPSA) is 38.7 Å². The fourth-order valence-corrected chi connectivity index (χ4v) is 5.11. The summed E-state index contributed by atoms with van der Waals surface area (Å²) in [6, 6.07) is 0. The molecule has 3 heteroatoms. The molecule has 0 spiro atoms. The van der Waals surface area contributed by atoms with Crippen LogP contribution in [0.1, 0.15) is 194 Å². The van der Waals surface area contributed by atoms with Gasteiger partial charge >= 0.3 is 0 Å². The smallest absolute Gasteiger partial charge is 0.104 e. The van der Waals surface area contributed by atoms with Crippen molar-refractivity contribution in [3.05, 3.63) is 0 Å². The highest BCUT2D eigenvalue weighted by Crippen LogP contribution is 2.10. The maximum Gasteiger partial charge on any atom is 0.104 e. The van der Waals surface area contributed by atoms with Gasteiger partial charge in [-0.15, -0.1) is 23.7 Å². The summed E-state index contributed by atoms with van der Waals surface area (Å²) in [4.78, 5) is 0. The Morgan fingerprint density at radius 3 is 1.14 bits per heavy atom. The van der Waals surface area contributed by atoms with Crippen molar-refractivity contribution < 1.29 is 14.6 Å². The predicted molar refractivity (Wildman–Crippen MR) is 184 cm³/mol. The summed E-state index contributed by atoms with van der Waals surface area (Å²) < 4.78 is 11.6. The van der Waals surface area contributed by atoms with Crippen molar-refractivity contribution in [3.8, 4) is 23.7 Å². The number of rotatable bonds is 32. The molecule has 246 valence electrons. The summed E-state index contributed by atoms with van der Waals surface area (Å²) in [5.41, 5.74) is 0. The SMILES string of the molecule is CCCCCCCCC#CCCCCCCCCOC[C@@H](CO)OCCCCCCCCC#CCCCCCCCC. The van der Waals surface area contributed by atoms with Crippen LogP contribution in [0.5, 0.6) is 0 Å². The molecule has 0 fully saturated rings. The summed E-state index contributed by atoms with van der Waals surface area (Å²) in [5, 5.41) is 9.58. The number of unbranched alkanes of at least 4 members (excludes halogenated alkanes) is 24. The monoisotopic (exact) mass is 589 g/mol. The quantitative estimate of drug-likeness (QED) is 0.0627. The average Bonchev–Trinajstić information content (AvgIpc) is 3.00. The van der Waals surface area contributed by atoms with Crippen LogP contribution in [0, 0.1) is 23.7 Å². The molecule has 0 radical (unpaired) electrons. The molecule has 42 heavy (non-hydrogen) atoms. The van der Waals surface area contributed by atoms with E-state index in [4.69, 9.17) is 9.47 Å². The van der Waals surface area contributed by atoms with Crippen molar-refractivity contribution in [2.24, 2.45) is 0 Å². The number of ether oxygens (including phenoxy) is 2. The average molecular weight is 589 g/mol. The lowest BCUT2D eigenvalue weighted by molar-refractivity contribution is -0.0437. The summed E-state index contributed by atoms with van der Waals surface area (Å²) >= 11 is 0. The normalized spacial score (nSPS) is 11.6. The van der Waals surface area contributed by atoms with Crippen LogP contribution in [0.3, 0.4) is 0 Å². The lowest BCUT2D eigenvalue weighted by atomic mass is 10.1. The second-order valence-corrected chi connectivity index (χ2v) is 12.2. The van der Waals surface area contributed by atoms with Crippen LogP contribution in [0.25, 0.3) is 0 Å². The number of aliphatic hydroxyl groups is 1. The first-order valence-corrected chi connectivity index (χ1v) is 18.6. The van der Waals surface area contributed by atoms with E-state index in [9.17, 15) is 5.11 Å².